The van der Waals surface area contributed by atoms with Gasteiger partial charge < -0.3 is 10.4 Å². The number of aryl methyl sites for hydroxylation is 1. The minimum absolute atomic E-state index is 0.0734. The van der Waals surface area contributed by atoms with Crippen LogP contribution in [0.1, 0.15) is 43.4 Å². The number of aliphatic hydroxyl groups is 1. The fourth-order valence-corrected chi connectivity index (χ4v) is 3.36. The molecule has 0 aromatic heterocycles. The van der Waals surface area contributed by atoms with E-state index in [4.69, 9.17) is 0 Å². The Bertz CT molecular complexity index is 539. The lowest BCUT2D eigenvalue weighted by molar-refractivity contribution is -0.124. The van der Waals surface area contributed by atoms with Gasteiger partial charge in [-0.3, -0.25) is 9.69 Å². The summed E-state index contributed by atoms with van der Waals surface area (Å²) in [7, 11) is 0. The summed E-state index contributed by atoms with van der Waals surface area (Å²) in [5.74, 6) is 0.985. The van der Waals surface area contributed by atoms with Gasteiger partial charge in [0, 0.05) is 6.54 Å². The van der Waals surface area contributed by atoms with E-state index < -0.39 is 0 Å². The van der Waals surface area contributed by atoms with Crippen LogP contribution in [0.3, 0.4) is 0 Å². The molecule has 1 saturated heterocycles. The number of nitrogens with zero attached hydrogens (tertiary/aromatic N) is 1. The smallest absolute Gasteiger partial charge is 0.234 e. The maximum Gasteiger partial charge on any atom is 0.234 e. The third kappa shape index (κ3) is 4.33. The molecule has 1 amide bonds. The predicted octanol–water partition coefficient (Wildman–Crippen LogP) is 2.27. The Morgan fingerprint density at radius 3 is 2.61 bits per heavy atom. The number of piperidine rings is 1. The Labute approximate surface area is 138 Å². The quantitative estimate of drug-likeness (QED) is 0.876. The lowest BCUT2D eigenvalue weighted by atomic mass is 9.96. The SMILES string of the molecule is Cc1ccc(C(NC(=O)CN2CCC(C)C(O)C2)C2CC2)cc1. The molecular formula is C19H28N2O2. The largest absolute Gasteiger partial charge is 0.392 e. The third-order valence-corrected chi connectivity index (χ3v) is 5.22. The fourth-order valence-electron chi connectivity index (χ4n) is 3.36. The van der Waals surface area contributed by atoms with Crippen molar-refractivity contribution in [2.75, 3.05) is 19.6 Å². The van der Waals surface area contributed by atoms with E-state index in [1.807, 2.05) is 0 Å². The van der Waals surface area contributed by atoms with E-state index in [2.05, 4.69) is 48.3 Å². The minimum atomic E-state index is -0.312. The summed E-state index contributed by atoms with van der Waals surface area (Å²) in [6.45, 7) is 6.04. The molecule has 1 aromatic rings. The van der Waals surface area contributed by atoms with Crippen molar-refractivity contribution in [3.63, 3.8) is 0 Å². The zero-order chi connectivity index (χ0) is 16.4. The molecule has 4 nitrogen and oxygen atoms in total. The number of hydrogen-bond donors (Lipinski definition) is 2. The molecule has 1 heterocycles. The Kier molecular flexibility index (Phi) is 5.02. The van der Waals surface area contributed by atoms with E-state index in [-0.39, 0.29) is 18.1 Å². The Morgan fingerprint density at radius 2 is 2.00 bits per heavy atom. The molecule has 3 atom stereocenters. The molecule has 3 rings (SSSR count). The number of rotatable bonds is 5. The summed E-state index contributed by atoms with van der Waals surface area (Å²) in [5, 5.41) is 13.2. The summed E-state index contributed by atoms with van der Waals surface area (Å²) in [6, 6.07) is 8.62. The molecule has 2 aliphatic rings. The first-order chi connectivity index (χ1) is 11.0. The molecule has 1 saturated carbocycles. The van der Waals surface area contributed by atoms with Crippen molar-refractivity contribution in [3.8, 4) is 0 Å². The number of nitrogens with one attached hydrogen (secondary N) is 1. The molecule has 2 fully saturated rings. The van der Waals surface area contributed by atoms with Crippen molar-refractivity contribution in [2.45, 2.75) is 45.3 Å². The van der Waals surface area contributed by atoms with Gasteiger partial charge in [0.1, 0.15) is 0 Å². The van der Waals surface area contributed by atoms with Gasteiger partial charge in [0.05, 0.1) is 18.7 Å². The topological polar surface area (TPSA) is 52.6 Å². The van der Waals surface area contributed by atoms with Gasteiger partial charge in [0.25, 0.3) is 0 Å². The van der Waals surface area contributed by atoms with Gasteiger partial charge in [-0.2, -0.15) is 0 Å². The summed E-state index contributed by atoms with van der Waals surface area (Å²) in [4.78, 5) is 14.5. The summed E-state index contributed by atoms with van der Waals surface area (Å²) >= 11 is 0. The summed E-state index contributed by atoms with van der Waals surface area (Å²) in [6.07, 6.45) is 3.03. The number of aliphatic hydroxyl groups excluding tert-OH is 1. The number of amides is 1. The number of carbonyl (C=O) groups is 1. The highest BCUT2D eigenvalue weighted by molar-refractivity contribution is 5.78. The van der Waals surface area contributed by atoms with Crippen LogP contribution in [-0.4, -0.2) is 41.7 Å². The Balaban J connectivity index is 1.57. The molecular weight excluding hydrogens is 288 g/mol. The second kappa shape index (κ2) is 7.02. The maximum absolute atomic E-state index is 12.4. The number of hydrogen-bond acceptors (Lipinski definition) is 3. The summed E-state index contributed by atoms with van der Waals surface area (Å²) < 4.78 is 0. The minimum Gasteiger partial charge on any atom is -0.392 e. The zero-order valence-electron chi connectivity index (χ0n) is 14.2. The first kappa shape index (κ1) is 16.5. The molecule has 0 radical (unpaired) electrons. The number of likely N-dealkylation sites (tertiary alicyclic amines) is 1. The van der Waals surface area contributed by atoms with Crippen molar-refractivity contribution >= 4 is 5.91 Å². The molecule has 23 heavy (non-hydrogen) atoms. The van der Waals surface area contributed by atoms with Crippen molar-refractivity contribution < 1.29 is 9.90 Å². The van der Waals surface area contributed by atoms with Crippen LogP contribution in [-0.2, 0) is 4.79 Å². The van der Waals surface area contributed by atoms with E-state index in [9.17, 15) is 9.90 Å². The predicted molar refractivity (Wildman–Crippen MR) is 91.0 cm³/mol. The van der Waals surface area contributed by atoms with Crippen LogP contribution in [0, 0.1) is 18.8 Å². The number of benzene rings is 1. The van der Waals surface area contributed by atoms with Crippen LogP contribution >= 0.6 is 0 Å². The third-order valence-electron chi connectivity index (χ3n) is 5.22. The fraction of sp³-hybridized carbons (Fsp3) is 0.632. The van der Waals surface area contributed by atoms with Gasteiger partial charge >= 0.3 is 0 Å². The number of carbonyl (C=O) groups excluding carboxylic acids is 1. The highest BCUT2D eigenvalue weighted by Crippen LogP contribution is 2.41. The molecule has 2 N–H and O–H groups in total. The highest BCUT2D eigenvalue weighted by atomic mass is 16.3. The zero-order valence-corrected chi connectivity index (χ0v) is 14.2. The lowest BCUT2D eigenvalue weighted by Crippen LogP contribution is -2.47. The molecule has 126 valence electrons. The standard InChI is InChI=1S/C19H28N2O2/c1-13-3-5-15(6-4-13)19(16-7-8-16)20-18(23)12-21-10-9-14(2)17(22)11-21/h3-6,14,16-17,19,22H,7-12H2,1-2H3,(H,20,23). The van der Waals surface area contributed by atoms with Gasteiger partial charge in [-0.05, 0) is 50.1 Å². The normalized spacial score (nSPS) is 26.7. The second-order valence-corrected chi connectivity index (χ2v) is 7.36. The molecule has 1 aromatic carbocycles. The van der Waals surface area contributed by atoms with Gasteiger partial charge in [-0.15, -0.1) is 0 Å². The monoisotopic (exact) mass is 316 g/mol. The van der Waals surface area contributed by atoms with Crippen molar-refractivity contribution in [3.05, 3.63) is 35.4 Å². The van der Waals surface area contributed by atoms with Gasteiger partial charge in [0.15, 0.2) is 0 Å². The average Bonchev–Trinajstić information content (AvgIpc) is 3.34. The highest BCUT2D eigenvalue weighted by Gasteiger charge is 2.34. The van der Waals surface area contributed by atoms with Crippen LogP contribution in [0.2, 0.25) is 0 Å². The van der Waals surface area contributed by atoms with Crippen LogP contribution < -0.4 is 5.32 Å². The lowest BCUT2D eigenvalue weighted by Gasteiger charge is -2.34. The Hall–Kier alpha value is -1.39. The molecule has 1 aliphatic heterocycles. The molecule has 1 aliphatic carbocycles. The van der Waals surface area contributed by atoms with E-state index >= 15 is 0 Å². The van der Waals surface area contributed by atoms with Gasteiger partial charge in [-0.1, -0.05) is 36.8 Å². The molecule has 4 heteroatoms. The molecule has 0 spiro atoms. The van der Waals surface area contributed by atoms with Crippen LogP contribution in [0.15, 0.2) is 24.3 Å². The van der Waals surface area contributed by atoms with E-state index in [1.54, 1.807) is 0 Å². The average molecular weight is 316 g/mol. The molecule has 3 unspecified atom stereocenters. The van der Waals surface area contributed by atoms with E-state index in [0.717, 1.165) is 13.0 Å². The first-order valence-electron chi connectivity index (χ1n) is 8.79. The van der Waals surface area contributed by atoms with Crippen LogP contribution in [0.5, 0.6) is 0 Å². The van der Waals surface area contributed by atoms with Crippen LogP contribution in [0.4, 0.5) is 0 Å². The van der Waals surface area contributed by atoms with Crippen molar-refractivity contribution in [2.24, 2.45) is 11.8 Å². The number of β-amino-alcohol motifs (C(OH)–C–C–N with tert-alkyl or cyclic N) is 1. The van der Waals surface area contributed by atoms with Crippen molar-refractivity contribution in [1.29, 1.82) is 0 Å². The molecule has 0 bridgehead atoms. The van der Waals surface area contributed by atoms with E-state index in [0.29, 0.717) is 24.9 Å². The van der Waals surface area contributed by atoms with Crippen molar-refractivity contribution in [1.82, 2.24) is 10.2 Å². The Morgan fingerprint density at radius 1 is 1.30 bits per heavy atom. The van der Waals surface area contributed by atoms with Gasteiger partial charge in [0.2, 0.25) is 5.91 Å². The summed E-state index contributed by atoms with van der Waals surface area (Å²) in [5.41, 5.74) is 2.45. The first-order valence-corrected chi connectivity index (χ1v) is 8.79. The second-order valence-electron chi connectivity index (χ2n) is 7.36. The van der Waals surface area contributed by atoms with Crippen LogP contribution in [0.25, 0.3) is 0 Å². The maximum atomic E-state index is 12.4. The van der Waals surface area contributed by atoms with E-state index in [1.165, 1.54) is 24.0 Å². The van der Waals surface area contributed by atoms with Gasteiger partial charge in [-0.25, -0.2) is 0 Å².